The van der Waals surface area contributed by atoms with E-state index in [0.29, 0.717) is 5.41 Å². The second-order valence-corrected chi connectivity index (χ2v) is 8.77. The molecule has 4 rings (SSSR count). The van der Waals surface area contributed by atoms with Gasteiger partial charge in [-0.1, -0.05) is 39.5 Å². The Balaban J connectivity index is 1.67. The molecule has 1 heteroatoms. The van der Waals surface area contributed by atoms with Gasteiger partial charge in [0.15, 0.2) is 0 Å². The van der Waals surface area contributed by atoms with Crippen molar-refractivity contribution in [1.29, 1.82) is 0 Å². The zero-order chi connectivity index (χ0) is 14.9. The third kappa shape index (κ3) is 3.19. The molecule has 0 radical (unpaired) electrons. The van der Waals surface area contributed by atoms with E-state index in [1.807, 2.05) is 0 Å². The van der Waals surface area contributed by atoms with Crippen LogP contribution >= 0.6 is 0 Å². The Hall–Kier alpha value is -0.0400. The van der Waals surface area contributed by atoms with Gasteiger partial charge in [-0.25, -0.2) is 0 Å². The van der Waals surface area contributed by atoms with Gasteiger partial charge >= 0.3 is 0 Å². The largest absolute Gasteiger partial charge is 0.316 e. The quantitative estimate of drug-likeness (QED) is 0.631. The Morgan fingerprint density at radius 1 is 1.00 bits per heavy atom. The summed E-state index contributed by atoms with van der Waals surface area (Å²) in [5, 5.41) is 3.80. The smallest absolute Gasteiger partial charge is 0.0123 e. The maximum atomic E-state index is 3.80. The van der Waals surface area contributed by atoms with E-state index < -0.39 is 0 Å². The number of rotatable bonds is 8. The summed E-state index contributed by atoms with van der Waals surface area (Å²) in [4.78, 5) is 0. The van der Waals surface area contributed by atoms with Crippen molar-refractivity contribution < 1.29 is 0 Å². The first kappa shape index (κ1) is 15.8. The van der Waals surface area contributed by atoms with E-state index in [4.69, 9.17) is 0 Å². The Morgan fingerprint density at radius 3 is 2.00 bits per heavy atom. The van der Waals surface area contributed by atoms with Gasteiger partial charge in [0, 0.05) is 6.04 Å². The summed E-state index contributed by atoms with van der Waals surface area (Å²) in [5.74, 6) is 4.21. The molecule has 4 saturated carbocycles. The summed E-state index contributed by atoms with van der Waals surface area (Å²) in [7, 11) is 2.25. The van der Waals surface area contributed by atoms with Gasteiger partial charge in [0.2, 0.25) is 0 Å². The zero-order valence-corrected chi connectivity index (χ0v) is 14.7. The molecular weight excluding hydrogens is 254 g/mol. The second kappa shape index (κ2) is 6.60. The van der Waals surface area contributed by atoms with Crippen LogP contribution in [0.25, 0.3) is 0 Å². The molecule has 0 amide bonds. The molecule has 1 N–H and O–H groups in total. The van der Waals surface area contributed by atoms with Gasteiger partial charge in [-0.2, -0.15) is 0 Å². The molecular formula is C20H37N. The fourth-order valence-corrected chi connectivity index (χ4v) is 6.59. The molecule has 0 aromatic heterocycles. The van der Waals surface area contributed by atoms with Crippen LogP contribution in [0.3, 0.4) is 0 Å². The maximum Gasteiger partial charge on any atom is 0.0123 e. The first-order valence-electron chi connectivity index (χ1n) is 9.86. The molecule has 0 spiro atoms. The van der Waals surface area contributed by atoms with Gasteiger partial charge in [-0.15, -0.1) is 0 Å². The molecule has 0 aromatic carbocycles. The van der Waals surface area contributed by atoms with Crippen molar-refractivity contribution in [1.82, 2.24) is 5.32 Å². The third-order valence-electron chi connectivity index (χ3n) is 7.29. The highest BCUT2D eigenvalue weighted by atomic mass is 14.9. The minimum atomic E-state index is 0.684. The Bertz CT molecular complexity index is 299. The lowest BCUT2D eigenvalue weighted by molar-refractivity contribution is -0.0767. The van der Waals surface area contributed by atoms with Crippen LogP contribution in [0.2, 0.25) is 0 Å². The van der Waals surface area contributed by atoms with E-state index in [9.17, 15) is 0 Å². The standard InChI is InChI=1S/C20H37N/c1-4-6-7-15(5-2)11-19(21-3)20-12-16-8-17(13-20)10-18(9-16)14-20/h15-19,21H,4-14H2,1-3H3. The van der Waals surface area contributed by atoms with Gasteiger partial charge in [-0.05, 0) is 81.1 Å². The second-order valence-electron chi connectivity index (χ2n) is 8.77. The van der Waals surface area contributed by atoms with Crippen molar-refractivity contribution in [3.05, 3.63) is 0 Å². The molecule has 0 saturated heterocycles. The Labute approximate surface area is 132 Å². The fourth-order valence-electron chi connectivity index (χ4n) is 6.59. The highest BCUT2D eigenvalue weighted by Crippen LogP contribution is 2.61. The summed E-state index contributed by atoms with van der Waals surface area (Å²) in [6, 6.07) is 0.799. The summed E-state index contributed by atoms with van der Waals surface area (Å²) < 4.78 is 0. The van der Waals surface area contributed by atoms with Crippen molar-refractivity contribution in [3.63, 3.8) is 0 Å². The minimum Gasteiger partial charge on any atom is -0.316 e. The molecule has 1 nitrogen and oxygen atoms in total. The predicted octanol–water partition coefficient (Wildman–Crippen LogP) is 5.40. The Kier molecular flexibility index (Phi) is 4.98. The monoisotopic (exact) mass is 291 g/mol. The van der Waals surface area contributed by atoms with Crippen molar-refractivity contribution >= 4 is 0 Å². The highest BCUT2D eigenvalue weighted by Gasteiger charge is 2.53. The SMILES string of the molecule is CCCCC(CC)CC(NC)C12CC3CC(CC(C3)C1)C2. The van der Waals surface area contributed by atoms with Crippen LogP contribution in [0.4, 0.5) is 0 Å². The van der Waals surface area contributed by atoms with Crippen LogP contribution in [0.15, 0.2) is 0 Å². The molecule has 4 bridgehead atoms. The van der Waals surface area contributed by atoms with E-state index in [1.54, 1.807) is 38.5 Å². The van der Waals surface area contributed by atoms with E-state index >= 15 is 0 Å². The van der Waals surface area contributed by atoms with E-state index in [0.717, 1.165) is 29.7 Å². The molecule has 0 aromatic rings. The summed E-state index contributed by atoms with van der Waals surface area (Å²) >= 11 is 0. The van der Waals surface area contributed by atoms with E-state index in [2.05, 4.69) is 26.2 Å². The molecule has 2 atom stereocenters. The van der Waals surface area contributed by atoms with Crippen LogP contribution in [0.1, 0.15) is 84.5 Å². The van der Waals surface area contributed by atoms with Gasteiger partial charge in [0.1, 0.15) is 0 Å². The third-order valence-corrected chi connectivity index (χ3v) is 7.29. The van der Waals surface area contributed by atoms with Gasteiger partial charge in [0.05, 0.1) is 0 Å². The average molecular weight is 292 g/mol. The van der Waals surface area contributed by atoms with Gasteiger partial charge in [-0.3, -0.25) is 0 Å². The van der Waals surface area contributed by atoms with Crippen LogP contribution in [0.5, 0.6) is 0 Å². The topological polar surface area (TPSA) is 12.0 Å². The lowest BCUT2D eigenvalue weighted by Gasteiger charge is -2.60. The molecule has 122 valence electrons. The van der Waals surface area contributed by atoms with Gasteiger partial charge < -0.3 is 5.32 Å². The van der Waals surface area contributed by atoms with Crippen LogP contribution in [-0.4, -0.2) is 13.1 Å². The summed E-state index contributed by atoms with van der Waals surface area (Å²) in [6.45, 7) is 4.74. The predicted molar refractivity (Wildman–Crippen MR) is 91.4 cm³/mol. The van der Waals surface area contributed by atoms with Crippen LogP contribution in [0, 0.1) is 29.1 Å². The average Bonchev–Trinajstić information content (AvgIpc) is 2.46. The highest BCUT2D eigenvalue weighted by molar-refractivity contribution is 5.06. The maximum absolute atomic E-state index is 3.80. The molecule has 4 aliphatic rings. The molecule has 0 aliphatic heterocycles. The molecule has 0 heterocycles. The van der Waals surface area contributed by atoms with E-state index in [-0.39, 0.29) is 0 Å². The van der Waals surface area contributed by atoms with Crippen molar-refractivity contribution in [2.24, 2.45) is 29.1 Å². The fraction of sp³-hybridized carbons (Fsp3) is 1.00. The molecule has 21 heavy (non-hydrogen) atoms. The number of nitrogens with one attached hydrogen (secondary N) is 1. The normalized spacial score (nSPS) is 40.4. The van der Waals surface area contributed by atoms with Crippen molar-refractivity contribution in [2.45, 2.75) is 90.5 Å². The number of hydrogen-bond acceptors (Lipinski definition) is 1. The minimum absolute atomic E-state index is 0.684. The van der Waals surface area contributed by atoms with Crippen LogP contribution in [-0.2, 0) is 0 Å². The van der Waals surface area contributed by atoms with Crippen LogP contribution < -0.4 is 5.32 Å². The number of hydrogen-bond donors (Lipinski definition) is 1. The first-order valence-corrected chi connectivity index (χ1v) is 9.86. The summed E-state index contributed by atoms with van der Waals surface area (Å²) in [5.41, 5.74) is 0.684. The number of unbranched alkanes of at least 4 members (excludes halogenated alkanes) is 1. The van der Waals surface area contributed by atoms with Gasteiger partial charge in [0.25, 0.3) is 0 Å². The zero-order valence-electron chi connectivity index (χ0n) is 14.7. The van der Waals surface area contributed by atoms with Crippen molar-refractivity contribution in [2.75, 3.05) is 7.05 Å². The lowest BCUT2D eigenvalue weighted by Crippen LogP contribution is -2.55. The Morgan fingerprint density at radius 2 is 1.57 bits per heavy atom. The van der Waals surface area contributed by atoms with E-state index in [1.165, 1.54) is 32.1 Å². The lowest BCUT2D eigenvalue weighted by atomic mass is 9.47. The molecule has 4 fully saturated rings. The van der Waals surface area contributed by atoms with Crippen molar-refractivity contribution in [3.8, 4) is 0 Å². The molecule has 2 unspecified atom stereocenters. The first-order chi connectivity index (χ1) is 10.2. The summed E-state index contributed by atoms with van der Waals surface area (Å²) in [6.07, 6.45) is 16.4. The molecule has 4 aliphatic carbocycles.